The maximum absolute atomic E-state index is 5.70. The molecule has 0 atom stereocenters. The molecule has 4 heteroatoms. The first-order valence-corrected chi connectivity index (χ1v) is 9.91. The average Bonchev–Trinajstić information content (AvgIpc) is 2.69. The third-order valence-electron chi connectivity index (χ3n) is 5.18. The minimum Gasteiger partial charge on any atom is -0.346 e. The Balaban J connectivity index is 1.36. The average molecular weight is 376 g/mol. The van der Waals surface area contributed by atoms with Crippen molar-refractivity contribution in [3.05, 3.63) is 77.9 Å². The van der Waals surface area contributed by atoms with E-state index in [0.29, 0.717) is 0 Å². The van der Waals surface area contributed by atoms with Crippen molar-refractivity contribution in [1.82, 2.24) is 9.80 Å². The molecule has 1 N–H and O–H groups in total. The summed E-state index contributed by atoms with van der Waals surface area (Å²) in [6.07, 6.45) is 0. The van der Waals surface area contributed by atoms with Crippen molar-refractivity contribution in [1.29, 1.82) is 0 Å². The van der Waals surface area contributed by atoms with Gasteiger partial charge in [-0.25, -0.2) is 0 Å². The summed E-state index contributed by atoms with van der Waals surface area (Å²) in [4.78, 5) is 4.79. The molecule has 3 aromatic carbocycles. The van der Waals surface area contributed by atoms with Gasteiger partial charge in [0.2, 0.25) is 0 Å². The number of benzene rings is 3. The molecule has 0 spiro atoms. The van der Waals surface area contributed by atoms with Crippen LogP contribution in [0.4, 0.5) is 5.69 Å². The van der Waals surface area contributed by atoms with E-state index in [1.165, 1.54) is 21.9 Å². The van der Waals surface area contributed by atoms with Gasteiger partial charge in [-0.1, -0.05) is 66.2 Å². The summed E-state index contributed by atoms with van der Waals surface area (Å²) in [6, 6.07) is 23.5. The number of hydrogen-bond donors (Lipinski definition) is 1. The van der Waals surface area contributed by atoms with E-state index in [2.05, 4.69) is 88.8 Å². The molecule has 0 amide bonds. The number of fused-ring (bicyclic) bond motifs is 1. The lowest BCUT2D eigenvalue weighted by Crippen LogP contribution is -2.49. The highest BCUT2D eigenvalue weighted by Crippen LogP contribution is 2.23. The van der Waals surface area contributed by atoms with Gasteiger partial charge in [0.1, 0.15) is 0 Å². The molecule has 0 bridgehead atoms. The van der Waals surface area contributed by atoms with Crippen LogP contribution in [0.25, 0.3) is 10.8 Å². The molecule has 0 aliphatic carbocycles. The summed E-state index contributed by atoms with van der Waals surface area (Å²) < 4.78 is 0. The molecule has 4 rings (SSSR count). The molecule has 0 aromatic heterocycles. The van der Waals surface area contributed by atoms with Gasteiger partial charge >= 0.3 is 0 Å². The summed E-state index contributed by atoms with van der Waals surface area (Å²) >= 11 is 5.70. The monoisotopic (exact) mass is 375 g/mol. The molecule has 1 fully saturated rings. The molecule has 1 aliphatic heterocycles. The maximum Gasteiger partial charge on any atom is 0.173 e. The van der Waals surface area contributed by atoms with E-state index >= 15 is 0 Å². The van der Waals surface area contributed by atoms with Crippen LogP contribution in [0.5, 0.6) is 0 Å². The minimum atomic E-state index is 0.821. The predicted molar refractivity (Wildman–Crippen MR) is 118 cm³/mol. The number of piperazine rings is 1. The van der Waals surface area contributed by atoms with Crippen LogP contribution < -0.4 is 5.32 Å². The molecular formula is C23H25N3S. The Morgan fingerprint density at radius 2 is 1.67 bits per heavy atom. The smallest absolute Gasteiger partial charge is 0.173 e. The highest BCUT2D eigenvalue weighted by atomic mass is 32.1. The number of rotatable bonds is 3. The van der Waals surface area contributed by atoms with Crippen molar-refractivity contribution >= 4 is 33.8 Å². The van der Waals surface area contributed by atoms with Gasteiger partial charge in [0.25, 0.3) is 0 Å². The zero-order valence-corrected chi connectivity index (χ0v) is 16.5. The van der Waals surface area contributed by atoms with Crippen LogP contribution in [-0.2, 0) is 6.54 Å². The Bertz CT molecular complexity index is 940. The van der Waals surface area contributed by atoms with Crippen molar-refractivity contribution in [2.24, 2.45) is 0 Å². The van der Waals surface area contributed by atoms with Gasteiger partial charge in [0.05, 0.1) is 0 Å². The Hall–Kier alpha value is -2.43. The normalized spacial score (nSPS) is 15.1. The maximum atomic E-state index is 5.70. The minimum absolute atomic E-state index is 0.821. The van der Waals surface area contributed by atoms with Crippen LogP contribution >= 0.6 is 12.2 Å². The SMILES string of the molecule is Cc1cccc(CN2CCN(C(=S)Nc3cccc4ccccc34)CC2)c1. The highest BCUT2D eigenvalue weighted by Gasteiger charge is 2.19. The van der Waals surface area contributed by atoms with Crippen LogP contribution in [0.3, 0.4) is 0 Å². The number of thiocarbonyl (C=S) groups is 1. The second kappa shape index (κ2) is 8.07. The first-order valence-electron chi connectivity index (χ1n) is 9.51. The Labute approximate surface area is 166 Å². The summed E-state index contributed by atoms with van der Waals surface area (Å²) in [5, 5.41) is 6.72. The van der Waals surface area contributed by atoms with Gasteiger partial charge in [-0.05, 0) is 36.2 Å². The predicted octanol–water partition coefficient (Wildman–Crippen LogP) is 4.66. The van der Waals surface area contributed by atoms with Crippen molar-refractivity contribution < 1.29 is 0 Å². The van der Waals surface area contributed by atoms with E-state index in [-0.39, 0.29) is 0 Å². The Morgan fingerprint density at radius 3 is 2.48 bits per heavy atom. The largest absolute Gasteiger partial charge is 0.346 e. The standard InChI is InChI=1S/C23H25N3S/c1-18-6-4-7-19(16-18)17-25-12-14-26(15-13-25)23(27)24-22-11-5-9-20-8-2-3-10-21(20)22/h2-11,16H,12-15,17H2,1H3,(H,24,27). The topological polar surface area (TPSA) is 18.5 Å². The van der Waals surface area contributed by atoms with E-state index < -0.39 is 0 Å². The van der Waals surface area contributed by atoms with Crippen LogP contribution in [0.15, 0.2) is 66.7 Å². The second-order valence-corrected chi connectivity index (χ2v) is 7.60. The number of nitrogens with zero attached hydrogens (tertiary/aromatic N) is 2. The zero-order chi connectivity index (χ0) is 18.6. The van der Waals surface area contributed by atoms with Gasteiger partial charge < -0.3 is 10.2 Å². The third kappa shape index (κ3) is 4.29. The fourth-order valence-corrected chi connectivity index (χ4v) is 4.00. The summed E-state index contributed by atoms with van der Waals surface area (Å²) in [6.45, 7) is 7.15. The van der Waals surface area contributed by atoms with Gasteiger partial charge in [0, 0.05) is 43.8 Å². The lowest BCUT2D eigenvalue weighted by atomic mass is 10.1. The summed E-state index contributed by atoms with van der Waals surface area (Å²) in [7, 11) is 0. The number of anilines is 1. The molecule has 1 aliphatic rings. The molecule has 0 saturated carbocycles. The molecular weight excluding hydrogens is 350 g/mol. The summed E-state index contributed by atoms with van der Waals surface area (Å²) in [5.74, 6) is 0. The lowest BCUT2D eigenvalue weighted by Gasteiger charge is -2.36. The van der Waals surface area contributed by atoms with Crippen molar-refractivity contribution in [2.45, 2.75) is 13.5 Å². The van der Waals surface area contributed by atoms with Crippen molar-refractivity contribution in [3.63, 3.8) is 0 Å². The van der Waals surface area contributed by atoms with Crippen LogP contribution in [0.1, 0.15) is 11.1 Å². The van der Waals surface area contributed by atoms with Crippen molar-refractivity contribution in [3.8, 4) is 0 Å². The second-order valence-electron chi connectivity index (χ2n) is 7.21. The Morgan fingerprint density at radius 1 is 0.926 bits per heavy atom. The molecule has 1 saturated heterocycles. The first-order chi connectivity index (χ1) is 13.2. The van der Waals surface area contributed by atoms with E-state index in [1.54, 1.807) is 0 Å². The van der Waals surface area contributed by atoms with Gasteiger partial charge in [0.15, 0.2) is 5.11 Å². The van der Waals surface area contributed by atoms with Crippen molar-refractivity contribution in [2.75, 3.05) is 31.5 Å². The van der Waals surface area contributed by atoms with E-state index in [4.69, 9.17) is 12.2 Å². The van der Waals surface area contributed by atoms with Crippen LogP contribution in [-0.4, -0.2) is 41.1 Å². The molecule has 138 valence electrons. The zero-order valence-electron chi connectivity index (χ0n) is 15.7. The molecule has 27 heavy (non-hydrogen) atoms. The van der Waals surface area contributed by atoms with Crippen LogP contribution in [0, 0.1) is 6.92 Å². The Kier molecular flexibility index (Phi) is 5.37. The van der Waals surface area contributed by atoms with Gasteiger partial charge in [-0.2, -0.15) is 0 Å². The molecule has 1 heterocycles. The molecule has 3 nitrogen and oxygen atoms in total. The lowest BCUT2D eigenvalue weighted by molar-refractivity contribution is 0.177. The molecule has 0 radical (unpaired) electrons. The fraction of sp³-hybridized carbons (Fsp3) is 0.261. The van der Waals surface area contributed by atoms with Gasteiger partial charge in [-0.15, -0.1) is 0 Å². The summed E-state index contributed by atoms with van der Waals surface area (Å²) in [5.41, 5.74) is 3.80. The van der Waals surface area contributed by atoms with Crippen LogP contribution in [0.2, 0.25) is 0 Å². The number of nitrogens with one attached hydrogen (secondary N) is 1. The highest BCUT2D eigenvalue weighted by molar-refractivity contribution is 7.80. The number of hydrogen-bond acceptors (Lipinski definition) is 2. The van der Waals surface area contributed by atoms with E-state index in [1.807, 2.05) is 0 Å². The van der Waals surface area contributed by atoms with E-state index in [9.17, 15) is 0 Å². The number of aryl methyl sites for hydroxylation is 1. The molecule has 3 aromatic rings. The van der Waals surface area contributed by atoms with Gasteiger partial charge in [-0.3, -0.25) is 4.90 Å². The van der Waals surface area contributed by atoms with E-state index in [0.717, 1.165) is 43.5 Å². The molecule has 0 unspecified atom stereocenters. The fourth-order valence-electron chi connectivity index (χ4n) is 3.71. The quantitative estimate of drug-likeness (QED) is 0.671. The first kappa shape index (κ1) is 18.0. The third-order valence-corrected chi connectivity index (χ3v) is 5.54.